The Bertz CT molecular complexity index is 937. The third-order valence-electron chi connectivity index (χ3n) is 4.35. The van der Waals surface area contributed by atoms with Crippen molar-refractivity contribution < 1.29 is 18.3 Å². The van der Waals surface area contributed by atoms with E-state index in [0.29, 0.717) is 6.54 Å². The topological polar surface area (TPSA) is 30.5 Å². The summed E-state index contributed by atoms with van der Waals surface area (Å²) < 4.78 is 34.9. The Morgan fingerprint density at radius 1 is 0.862 bits per heavy atom. The number of para-hydroxylation sites is 1. The second kappa shape index (κ2) is 10.3. The second-order valence-corrected chi connectivity index (χ2v) is 6.27. The van der Waals surface area contributed by atoms with Crippen molar-refractivity contribution in [1.29, 1.82) is 0 Å². The first-order valence-corrected chi connectivity index (χ1v) is 9.14. The van der Waals surface area contributed by atoms with Crippen molar-refractivity contribution in [3.63, 3.8) is 0 Å². The first kappa shape index (κ1) is 20.4. The van der Waals surface area contributed by atoms with Crippen molar-refractivity contribution in [1.82, 2.24) is 5.32 Å². The van der Waals surface area contributed by atoms with Crippen LogP contribution in [0.3, 0.4) is 0 Å². The maximum Gasteiger partial charge on any atom is 0.387 e. The van der Waals surface area contributed by atoms with Crippen LogP contribution in [0.2, 0.25) is 0 Å². The number of halogens is 2. The van der Waals surface area contributed by atoms with E-state index < -0.39 is 6.61 Å². The molecule has 0 aliphatic heterocycles. The Kier molecular flexibility index (Phi) is 7.21. The number of hydrogen-bond acceptors (Lipinski definition) is 3. The van der Waals surface area contributed by atoms with Crippen LogP contribution in [0.5, 0.6) is 11.5 Å². The number of terminal acetylenes is 1. The van der Waals surface area contributed by atoms with E-state index in [4.69, 9.17) is 11.2 Å². The van der Waals surface area contributed by atoms with Gasteiger partial charge in [0.05, 0.1) is 6.04 Å². The van der Waals surface area contributed by atoms with Crippen molar-refractivity contribution in [3.8, 4) is 23.8 Å². The molecule has 1 N–H and O–H groups in total. The summed E-state index contributed by atoms with van der Waals surface area (Å²) in [6.07, 6.45) is 5.30. The van der Waals surface area contributed by atoms with Crippen LogP contribution in [0.25, 0.3) is 0 Å². The van der Waals surface area contributed by atoms with Gasteiger partial charge >= 0.3 is 6.61 Å². The molecule has 0 unspecified atom stereocenters. The first-order valence-electron chi connectivity index (χ1n) is 9.14. The van der Waals surface area contributed by atoms with Gasteiger partial charge in [0.25, 0.3) is 0 Å². The van der Waals surface area contributed by atoms with E-state index in [9.17, 15) is 8.78 Å². The predicted octanol–water partition coefficient (Wildman–Crippen LogP) is 5.18. The molecule has 29 heavy (non-hydrogen) atoms. The Hall–Kier alpha value is -3.36. The van der Waals surface area contributed by atoms with E-state index in [1.54, 1.807) is 24.3 Å². The smallest absolute Gasteiger partial charge is 0.387 e. The zero-order valence-electron chi connectivity index (χ0n) is 15.7. The van der Waals surface area contributed by atoms with E-state index >= 15 is 0 Å². The van der Waals surface area contributed by atoms with Gasteiger partial charge in [-0.05, 0) is 29.3 Å². The van der Waals surface area contributed by atoms with Crippen molar-refractivity contribution in [2.45, 2.75) is 19.2 Å². The highest BCUT2D eigenvalue weighted by Crippen LogP contribution is 2.26. The van der Waals surface area contributed by atoms with Crippen LogP contribution in [-0.2, 0) is 6.54 Å². The fourth-order valence-electron chi connectivity index (χ4n) is 3.04. The summed E-state index contributed by atoms with van der Waals surface area (Å²) in [6.45, 7) is -2.11. The third kappa shape index (κ3) is 5.81. The molecule has 3 rings (SSSR count). The average Bonchev–Trinajstić information content (AvgIpc) is 2.74. The van der Waals surface area contributed by atoms with Gasteiger partial charge in [0.1, 0.15) is 18.1 Å². The highest BCUT2D eigenvalue weighted by molar-refractivity contribution is 5.37. The lowest BCUT2D eigenvalue weighted by molar-refractivity contribution is -0.0498. The lowest BCUT2D eigenvalue weighted by atomic mass is 9.98. The summed E-state index contributed by atoms with van der Waals surface area (Å²) >= 11 is 0. The summed E-state index contributed by atoms with van der Waals surface area (Å²) in [5.74, 6) is 3.33. The normalized spacial score (nSPS) is 11.7. The minimum absolute atomic E-state index is 0.128. The molecule has 0 saturated carbocycles. The second-order valence-electron chi connectivity index (χ2n) is 6.27. The molecule has 3 nitrogen and oxygen atoms in total. The van der Waals surface area contributed by atoms with Crippen LogP contribution < -0.4 is 14.8 Å². The van der Waals surface area contributed by atoms with Crippen molar-refractivity contribution in [3.05, 3.63) is 95.6 Å². The van der Waals surface area contributed by atoms with Gasteiger partial charge in [0.15, 0.2) is 0 Å². The largest absolute Gasteiger partial charge is 0.481 e. The number of hydrogen-bond donors (Lipinski definition) is 1. The zero-order valence-corrected chi connectivity index (χ0v) is 15.7. The van der Waals surface area contributed by atoms with E-state index in [2.05, 4.69) is 16.0 Å². The molecule has 3 aromatic carbocycles. The van der Waals surface area contributed by atoms with Crippen LogP contribution in [-0.4, -0.2) is 13.2 Å². The van der Waals surface area contributed by atoms with Gasteiger partial charge in [-0.1, -0.05) is 66.6 Å². The van der Waals surface area contributed by atoms with Crippen molar-refractivity contribution in [2.75, 3.05) is 6.61 Å². The Morgan fingerprint density at radius 2 is 1.52 bits per heavy atom. The number of alkyl halides is 2. The number of benzene rings is 3. The molecule has 0 radical (unpaired) electrons. The molecule has 1 atom stereocenters. The van der Waals surface area contributed by atoms with E-state index in [-0.39, 0.29) is 18.4 Å². The van der Waals surface area contributed by atoms with Crippen LogP contribution in [0.4, 0.5) is 8.78 Å². The van der Waals surface area contributed by atoms with Gasteiger partial charge in [-0.15, -0.1) is 6.42 Å². The third-order valence-corrected chi connectivity index (χ3v) is 4.35. The van der Waals surface area contributed by atoms with Gasteiger partial charge in [-0.25, -0.2) is 0 Å². The van der Waals surface area contributed by atoms with Crippen LogP contribution in [0, 0.1) is 12.3 Å². The number of rotatable bonds is 9. The highest BCUT2D eigenvalue weighted by atomic mass is 19.3. The zero-order chi connectivity index (χ0) is 20.5. The molecule has 5 heteroatoms. The molecule has 0 saturated heterocycles. The maximum absolute atomic E-state index is 12.4. The van der Waals surface area contributed by atoms with Crippen molar-refractivity contribution in [2.24, 2.45) is 0 Å². The minimum Gasteiger partial charge on any atom is -0.481 e. The summed E-state index contributed by atoms with van der Waals surface area (Å²) in [5.41, 5.74) is 2.96. The SMILES string of the molecule is C#CCOc1ccccc1CN[C@@H](c1ccccc1)c1ccc(OC(F)F)cc1. The monoisotopic (exact) mass is 393 g/mol. The molecular weight excluding hydrogens is 372 g/mol. The Balaban J connectivity index is 1.82. The van der Waals surface area contributed by atoms with Gasteiger partial charge in [0, 0.05) is 12.1 Å². The fraction of sp³-hybridized carbons (Fsp3) is 0.167. The Morgan fingerprint density at radius 3 is 2.21 bits per heavy atom. The van der Waals surface area contributed by atoms with E-state index in [1.807, 2.05) is 54.6 Å². The minimum atomic E-state index is -2.84. The molecule has 148 valence electrons. The lowest BCUT2D eigenvalue weighted by Gasteiger charge is -2.21. The molecule has 0 aliphatic carbocycles. The van der Waals surface area contributed by atoms with Gasteiger partial charge < -0.3 is 14.8 Å². The number of ether oxygens (including phenoxy) is 2. The molecular formula is C24H21F2NO2. The van der Waals surface area contributed by atoms with E-state index in [1.165, 1.54) is 0 Å². The quantitative estimate of drug-likeness (QED) is 0.508. The maximum atomic E-state index is 12.4. The molecule has 0 spiro atoms. The molecule has 0 heterocycles. The van der Waals surface area contributed by atoms with Crippen molar-refractivity contribution >= 4 is 0 Å². The summed E-state index contributed by atoms with van der Waals surface area (Å²) in [4.78, 5) is 0. The molecule has 0 fully saturated rings. The summed E-state index contributed by atoms with van der Waals surface area (Å²) in [5, 5.41) is 3.53. The van der Waals surface area contributed by atoms with Crippen LogP contribution >= 0.6 is 0 Å². The van der Waals surface area contributed by atoms with Crippen LogP contribution in [0.1, 0.15) is 22.7 Å². The summed E-state index contributed by atoms with van der Waals surface area (Å²) in [6, 6.07) is 24.1. The molecule has 0 amide bonds. The van der Waals surface area contributed by atoms with E-state index in [0.717, 1.165) is 22.4 Å². The molecule has 0 bridgehead atoms. The summed E-state index contributed by atoms with van der Waals surface area (Å²) in [7, 11) is 0. The molecule has 3 aromatic rings. The fourth-order valence-corrected chi connectivity index (χ4v) is 3.04. The Labute approximate surface area is 169 Å². The molecule has 0 aliphatic rings. The lowest BCUT2D eigenvalue weighted by Crippen LogP contribution is -2.22. The molecule has 0 aromatic heterocycles. The van der Waals surface area contributed by atoms with Gasteiger partial charge in [-0.3, -0.25) is 0 Å². The highest BCUT2D eigenvalue weighted by Gasteiger charge is 2.15. The first-order chi connectivity index (χ1) is 14.2. The average molecular weight is 393 g/mol. The van der Waals surface area contributed by atoms with Gasteiger partial charge in [0.2, 0.25) is 0 Å². The standard InChI is InChI=1S/C24H21F2NO2/c1-2-16-28-22-11-7-6-10-20(22)17-27-23(18-8-4-3-5-9-18)19-12-14-21(15-13-19)29-24(25)26/h1,3-15,23-24,27H,16-17H2/t23-/m0/s1. The number of nitrogens with one attached hydrogen (secondary N) is 1. The predicted molar refractivity (Wildman–Crippen MR) is 109 cm³/mol. The van der Waals surface area contributed by atoms with Gasteiger partial charge in [-0.2, -0.15) is 8.78 Å². The van der Waals surface area contributed by atoms with Crippen LogP contribution in [0.15, 0.2) is 78.9 Å².